The molecule has 0 aliphatic carbocycles. The summed E-state index contributed by atoms with van der Waals surface area (Å²) in [4.78, 5) is 10.1. The van der Waals surface area contributed by atoms with Crippen molar-refractivity contribution in [3.05, 3.63) is 57.9 Å². The summed E-state index contributed by atoms with van der Waals surface area (Å²) in [6.07, 6.45) is 0. The lowest BCUT2D eigenvalue weighted by Crippen LogP contribution is -2.20. The van der Waals surface area contributed by atoms with E-state index >= 15 is 0 Å². The van der Waals surface area contributed by atoms with Crippen molar-refractivity contribution in [1.82, 2.24) is 0 Å². The molecular formula is C15H14FN3O3S. The van der Waals surface area contributed by atoms with Crippen LogP contribution in [0.2, 0.25) is 0 Å². The van der Waals surface area contributed by atoms with E-state index in [4.69, 9.17) is 17.0 Å². The molecule has 0 bridgehead atoms. The Hall–Kier alpha value is -2.74. The van der Waals surface area contributed by atoms with Gasteiger partial charge in [-0.15, -0.1) is 0 Å². The molecule has 0 amide bonds. The minimum atomic E-state index is -0.643. The predicted octanol–water partition coefficient (Wildman–Crippen LogP) is 3.86. The Balaban J connectivity index is 2.19. The van der Waals surface area contributed by atoms with Crippen molar-refractivity contribution >= 4 is 34.4 Å². The molecule has 0 saturated heterocycles. The van der Waals surface area contributed by atoms with Crippen molar-refractivity contribution in [2.75, 3.05) is 17.7 Å². The number of anilines is 2. The van der Waals surface area contributed by atoms with E-state index in [-0.39, 0.29) is 16.5 Å². The van der Waals surface area contributed by atoms with E-state index in [1.165, 1.54) is 7.11 Å². The van der Waals surface area contributed by atoms with Crippen LogP contribution in [0.4, 0.5) is 21.5 Å². The van der Waals surface area contributed by atoms with Gasteiger partial charge in [0, 0.05) is 12.1 Å². The number of ether oxygens (including phenoxy) is 1. The molecule has 0 unspecified atom stereocenters. The van der Waals surface area contributed by atoms with Crippen LogP contribution in [0, 0.1) is 22.9 Å². The molecule has 120 valence electrons. The number of benzene rings is 2. The first-order valence-corrected chi connectivity index (χ1v) is 6.98. The van der Waals surface area contributed by atoms with E-state index in [2.05, 4.69) is 10.6 Å². The fraction of sp³-hybridized carbons (Fsp3) is 0.133. The first-order chi connectivity index (χ1) is 10.9. The molecule has 8 heteroatoms. The molecule has 2 aromatic rings. The van der Waals surface area contributed by atoms with E-state index in [1.807, 2.05) is 19.1 Å². The first kappa shape index (κ1) is 16.6. The number of thiocarbonyl (C=S) groups is 1. The number of nitrogens with zero attached hydrogens (tertiary/aromatic N) is 1. The summed E-state index contributed by atoms with van der Waals surface area (Å²) in [7, 11) is 1.52. The highest BCUT2D eigenvalue weighted by Crippen LogP contribution is 2.26. The smallest absolute Gasteiger partial charge is 0.271 e. The molecule has 23 heavy (non-hydrogen) atoms. The molecule has 0 atom stereocenters. The highest BCUT2D eigenvalue weighted by atomic mass is 32.1. The summed E-state index contributed by atoms with van der Waals surface area (Å²) in [6, 6.07) is 8.64. The van der Waals surface area contributed by atoms with Crippen molar-refractivity contribution in [2.45, 2.75) is 6.92 Å². The summed E-state index contributed by atoms with van der Waals surface area (Å²) in [5.41, 5.74) is 1.28. The standard InChI is InChI=1S/C15H14FN3O3S/c1-9-3-6-14(22-2)13(7-9)18-15(23)17-12-8-10(19(20)21)4-5-11(12)16/h3-8H,1-2H3,(H2,17,18,23). The van der Waals surface area contributed by atoms with Crippen molar-refractivity contribution in [1.29, 1.82) is 0 Å². The Morgan fingerprint density at radius 1 is 1.22 bits per heavy atom. The summed E-state index contributed by atoms with van der Waals surface area (Å²) in [6.45, 7) is 1.90. The number of aryl methyl sites for hydroxylation is 1. The molecule has 6 nitrogen and oxygen atoms in total. The molecule has 0 aliphatic heterocycles. The minimum Gasteiger partial charge on any atom is -0.495 e. The van der Waals surface area contributed by atoms with Crippen LogP contribution in [0.1, 0.15) is 5.56 Å². The summed E-state index contributed by atoms with van der Waals surface area (Å²) < 4.78 is 19.0. The molecule has 0 aliphatic rings. The Kier molecular flexibility index (Phi) is 5.07. The normalized spacial score (nSPS) is 10.0. The zero-order valence-corrected chi connectivity index (χ0v) is 13.2. The third kappa shape index (κ3) is 4.13. The highest BCUT2D eigenvalue weighted by Gasteiger charge is 2.12. The molecule has 0 radical (unpaired) electrons. The number of hydrogen-bond acceptors (Lipinski definition) is 4. The number of halogens is 1. The number of non-ortho nitro benzene ring substituents is 1. The van der Waals surface area contributed by atoms with Gasteiger partial charge in [-0.25, -0.2) is 4.39 Å². The molecule has 2 rings (SSSR count). The monoisotopic (exact) mass is 335 g/mol. The molecule has 2 aromatic carbocycles. The summed E-state index contributed by atoms with van der Waals surface area (Å²) in [5, 5.41) is 16.3. The van der Waals surface area contributed by atoms with Gasteiger partial charge in [-0.05, 0) is 42.9 Å². The van der Waals surface area contributed by atoms with Gasteiger partial charge in [-0.2, -0.15) is 0 Å². The van der Waals surface area contributed by atoms with Crippen molar-refractivity contribution < 1.29 is 14.1 Å². The molecule has 0 heterocycles. The van der Waals surface area contributed by atoms with E-state index < -0.39 is 10.7 Å². The lowest BCUT2D eigenvalue weighted by molar-refractivity contribution is -0.384. The second-order valence-electron chi connectivity index (χ2n) is 4.70. The second-order valence-corrected chi connectivity index (χ2v) is 5.11. The number of nitro groups is 1. The molecule has 0 aromatic heterocycles. The Bertz CT molecular complexity index is 768. The lowest BCUT2D eigenvalue weighted by atomic mass is 10.2. The first-order valence-electron chi connectivity index (χ1n) is 6.57. The van der Waals surface area contributed by atoms with Crippen molar-refractivity contribution in [3.63, 3.8) is 0 Å². The zero-order chi connectivity index (χ0) is 17.0. The van der Waals surface area contributed by atoms with Gasteiger partial charge in [0.05, 0.1) is 23.4 Å². The molecule has 2 N–H and O–H groups in total. The van der Waals surface area contributed by atoms with Crippen LogP contribution < -0.4 is 15.4 Å². The maximum absolute atomic E-state index is 13.7. The topological polar surface area (TPSA) is 76.4 Å². The highest BCUT2D eigenvalue weighted by molar-refractivity contribution is 7.80. The van der Waals surface area contributed by atoms with E-state index in [9.17, 15) is 14.5 Å². The number of rotatable bonds is 4. The van der Waals surface area contributed by atoms with Crippen LogP contribution in [0.5, 0.6) is 5.75 Å². The third-order valence-corrected chi connectivity index (χ3v) is 3.22. The van der Waals surface area contributed by atoms with Gasteiger partial charge in [-0.3, -0.25) is 10.1 Å². The quantitative estimate of drug-likeness (QED) is 0.502. The Morgan fingerprint density at radius 3 is 2.57 bits per heavy atom. The van der Waals surface area contributed by atoms with Crippen LogP contribution in [0.25, 0.3) is 0 Å². The van der Waals surface area contributed by atoms with Crippen LogP contribution >= 0.6 is 12.2 Å². The SMILES string of the molecule is COc1ccc(C)cc1NC(=S)Nc1cc([N+](=O)[O-])ccc1F. The van der Waals surface area contributed by atoms with Crippen LogP contribution in [-0.4, -0.2) is 17.1 Å². The fourth-order valence-corrected chi connectivity index (χ4v) is 2.14. The van der Waals surface area contributed by atoms with Crippen LogP contribution in [-0.2, 0) is 0 Å². The number of nitro benzene ring substituents is 1. The van der Waals surface area contributed by atoms with Crippen molar-refractivity contribution in [3.8, 4) is 5.75 Å². The maximum atomic E-state index is 13.7. The lowest BCUT2D eigenvalue weighted by Gasteiger charge is -2.14. The Labute approximate surface area is 137 Å². The van der Waals surface area contributed by atoms with Crippen LogP contribution in [0.3, 0.4) is 0 Å². The predicted molar refractivity (Wildman–Crippen MR) is 90.6 cm³/mol. The zero-order valence-electron chi connectivity index (χ0n) is 12.4. The van der Waals surface area contributed by atoms with Gasteiger partial charge < -0.3 is 15.4 Å². The number of nitrogens with one attached hydrogen (secondary N) is 2. The van der Waals surface area contributed by atoms with Crippen LogP contribution in [0.15, 0.2) is 36.4 Å². The van der Waals surface area contributed by atoms with Gasteiger partial charge in [0.15, 0.2) is 5.11 Å². The van der Waals surface area contributed by atoms with Gasteiger partial charge in [-0.1, -0.05) is 6.07 Å². The minimum absolute atomic E-state index is 0.0803. The van der Waals surface area contributed by atoms with E-state index in [0.29, 0.717) is 11.4 Å². The summed E-state index contributed by atoms with van der Waals surface area (Å²) in [5.74, 6) is -0.0739. The average Bonchev–Trinajstić information content (AvgIpc) is 2.49. The Morgan fingerprint density at radius 2 is 1.91 bits per heavy atom. The fourth-order valence-electron chi connectivity index (χ4n) is 1.92. The average molecular weight is 335 g/mol. The van der Waals surface area contributed by atoms with Gasteiger partial charge in [0.2, 0.25) is 0 Å². The van der Waals surface area contributed by atoms with Crippen molar-refractivity contribution in [2.24, 2.45) is 0 Å². The van der Waals surface area contributed by atoms with Gasteiger partial charge in [0.25, 0.3) is 5.69 Å². The van der Waals surface area contributed by atoms with Gasteiger partial charge in [0.1, 0.15) is 11.6 Å². The molecule has 0 fully saturated rings. The molecular weight excluding hydrogens is 321 g/mol. The van der Waals surface area contributed by atoms with E-state index in [0.717, 1.165) is 23.8 Å². The summed E-state index contributed by atoms with van der Waals surface area (Å²) >= 11 is 5.12. The number of hydrogen-bond donors (Lipinski definition) is 2. The van der Waals surface area contributed by atoms with Gasteiger partial charge >= 0.3 is 0 Å². The number of methoxy groups -OCH3 is 1. The third-order valence-electron chi connectivity index (χ3n) is 3.01. The maximum Gasteiger partial charge on any atom is 0.271 e. The van der Waals surface area contributed by atoms with E-state index in [1.54, 1.807) is 6.07 Å². The second kappa shape index (κ2) is 7.01. The molecule has 0 spiro atoms. The molecule has 0 saturated carbocycles. The largest absolute Gasteiger partial charge is 0.495 e.